The summed E-state index contributed by atoms with van der Waals surface area (Å²) < 4.78 is 0. The number of hydrogen-bond donors (Lipinski definition) is 3. The van der Waals surface area contributed by atoms with Gasteiger partial charge in [0.15, 0.2) is 0 Å². The summed E-state index contributed by atoms with van der Waals surface area (Å²) in [5.41, 5.74) is -5.80. The second kappa shape index (κ2) is 17.2. The average Bonchev–Trinajstić information content (AvgIpc) is 2.96. The maximum Gasteiger partial charge on any atom is 0.346 e. The molecule has 0 aliphatic rings. The van der Waals surface area contributed by atoms with Crippen LogP contribution < -0.4 is 0 Å². The first-order chi connectivity index (χ1) is 20.8. The number of rotatable bonds is 9. The third-order valence-corrected chi connectivity index (χ3v) is 4.85. The van der Waals surface area contributed by atoms with E-state index in [1.165, 1.54) is 0 Å². The van der Waals surface area contributed by atoms with Gasteiger partial charge in [0, 0.05) is 78.1 Å². The summed E-state index contributed by atoms with van der Waals surface area (Å²) in [6.07, 6.45) is 0. The van der Waals surface area contributed by atoms with Gasteiger partial charge in [-0.15, -0.1) is 0 Å². The molecule has 0 bridgehead atoms. The maximum atomic E-state index is 10.5. The van der Waals surface area contributed by atoms with Crippen LogP contribution >= 0.6 is 0 Å². The van der Waals surface area contributed by atoms with Gasteiger partial charge in [-0.05, 0) is 18.2 Å². The zero-order chi connectivity index (χ0) is 34.8. The number of carboxylic acid groups (broad SMARTS) is 3. The Balaban J connectivity index is 0.000000653. The van der Waals surface area contributed by atoms with Crippen molar-refractivity contribution in [3.05, 3.63) is 132 Å². The number of hydrogen-bond acceptors (Lipinski definition) is 15. The van der Waals surface area contributed by atoms with Crippen LogP contribution in [-0.2, 0) is 0 Å². The molecular formula is C21H12CeN6O18. The zero-order valence-electron chi connectivity index (χ0n) is 21.8. The molecule has 25 heteroatoms. The van der Waals surface area contributed by atoms with Gasteiger partial charge in [0.2, 0.25) is 0 Å². The maximum absolute atomic E-state index is 10.5. The predicted octanol–water partition coefficient (Wildman–Crippen LogP) is 3.60. The van der Waals surface area contributed by atoms with Crippen LogP contribution in [0.3, 0.4) is 0 Å². The summed E-state index contributed by atoms with van der Waals surface area (Å²) in [5, 5.41) is 87.9. The van der Waals surface area contributed by atoms with E-state index in [1.807, 2.05) is 0 Å². The Hall–Kier alpha value is -6.15. The second-order valence-electron chi connectivity index (χ2n) is 7.57. The Morgan fingerprint density at radius 2 is 0.565 bits per heavy atom. The summed E-state index contributed by atoms with van der Waals surface area (Å²) in [6.45, 7) is 0. The summed E-state index contributed by atoms with van der Waals surface area (Å²) in [6, 6.07) is 7.15. The molecule has 3 N–H and O–H groups in total. The van der Waals surface area contributed by atoms with Crippen LogP contribution in [0.1, 0.15) is 31.1 Å². The number of nitro benzene ring substituents is 6. The van der Waals surface area contributed by atoms with Crippen LogP contribution in [0.4, 0.5) is 34.1 Å². The number of nitro groups is 6. The smallest absolute Gasteiger partial charge is 0.346 e. The van der Waals surface area contributed by atoms with E-state index < -0.39 is 81.6 Å². The number of benzene rings is 3. The van der Waals surface area contributed by atoms with Crippen molar-refractivity contribution < 1.29 is 101 Å². The molecule has 3 rings (SSSR count). The molecular weight excluding hydrogens is 764 g/mol. The predicted molar refractivity (Wildman–Crippen MR) is 140 cm³/mol. The number of carboxylic acids is 3. The molecule has 0 saturated heterocycles. The first kappa shape index (κ1) is 39.8. The fourth-order valence-corrected chi connectivity index (χ4v) is 2.87. The zero-order valence-corrected chi connectivity index (χ0v) is 25.0. The molecule has 0 radical (unpaired) electrons. The number of carbonyl (C=O) groups is 3. The van der Waals surface area contributed by atoms with Gasteiger partial charge in [0.1, 0.15) is 0 Å². The molecule has 0 heterocycles. The third kappa shape index (κ3) is 10.8. The first-order valence-electron chi connectivity index (χ1n) is 10.8. The van der Waals surface area contributed by atoms with Crippen LogP contribution in [0.25, 0.3) is 0 Å². The minimum Gasteiger partial charge on any atom is -0.478 e. The van der Waals surface area contributed by atoms with Crippen molar-refractivity contribution in [1.82, 2.24) is 0 Å². The molecule has 0 fully saturated rings. The van der Waals surface area contributed by atoms with Crippen molar-refractivity contribution >= 4 is 52.0 Å². The van der Waals surface area contributed by atoms with Gasteiger partial charge < -0.3 is 15.3 Å². The fourth-order valence-electron chi connectivity index (χ4n) is 2.87. The van der Waals surface area contributed by atoms with Crippen molar-refractivity contribution in [1.29, 1.82) is 0 Å². The van der Waals surface area contributed by atoms with Gasteiger partial charge in [-0.25, -0.2) is 14.4 Å². The van der Waals surface area contributed by atoms with E-state index in [0.717, 1.165) is 36.4 Å². The number of nitrogens with zero attached hydrogens (tertiary/aromatic N) is 6. The summed E-state index contributed by atoms with van der Waals surface area (Å²) in [4.78, 5) is 87.9. The van der Waals surface area contributed by atoms with E-state index in [2.05, 4.69) is 0 Å². The SMILES string of the molecule is O=C(O)c1ccc([N+](=O)[O-])c([N+](=O)[O-])c1.O=C(O)c1ccc([N+](=O)[O-])c([N+](=O)[O-])c1.O=C(O)c1ccc([N+](=O)[O-])c([N+](=O)[O-])c1.[Ce]. The van der Waals surface area contributed by atoms with Gasteiger partial charge in [-0.3, -0.25) is 60.7 Å². The first-order valence-corrected chi connectivity index (χ1v) is 10.8. The van der Waals surface area contributed by atoms with E-state index in [1.54, 1.807) is 0 Å². The van der Waals surface area contributed by atoms with Crippen molar-refractivity contribution in [3.63, 3.8) is 0 Å². The van der Waals surface area contributed by atoms with Crippen molar-refractivity contribution in [2.75, 3.05) is 0 Å². The largest absolute Gasteiger partial charge is 0.478 e. The molecule has 0 amide bonds. The fraction of sp³-hybridized carbons (Fsp3) is 0. The standard InChI is InChI=1S/3C7H4N2O6.Ce/c3*10-7(11)4-1-2-5(8(12)13)6(3-4)9(14)15;/h3*1-3H,(H,10,11);. The van der Waals surface area contributed by atoms with Crippen LogP contribution in [0, 0.1) is 102 Å². The second-order valence-corrected chi connectivity index (χ2v) is 7.57. The molecule has 238 valence electrons. The molecule has 0 aromatic heterocycles. The normalized spacial score (nSPS) is 9.39. The van der Waals surface area contributed by atoms with Crippen molar-refractivity contribution in [2.24, 2.45) is 0 Å². The van der Waals surface area contributed by atoms with E-state index in [4.69, 9.17) is 15.3 Å². The Morgan fingerprint density at radius 3 is 0.696 bits per heavy atom. The van der Waals surface area contributed by atoms with Crippen molar-refractivity contribution in [3.8, 4) is 0 Å². The summed E-state index contributed by atoms with van der Waals surface area (Å²) >= 11 is 0. The molecule has 0 aliphatic heterocycles. The summed E-state index contributed by atoms with van der Waals surface area (Å²) in [7, 11) is 0. The minimum absolute atomic E-state index is 0. The van der Waals surface area contributed by atoms with Gasteiger partial charge in [-0.1, -0.05) is 0 Å². The molecule has 0 unspecified atom stereocenters. The minimum atomic E-state index is -1.38. The van der Waals surface area contributed by atoms with E-state index in [-0.39, 0.29) is 58.4 Å². The van der Waals surface area contributed by atoms with Gasteiger partial charge in [0.05, 0.1) is 46.2 Å². The Morgan fingerprint density at radius 1 is 0.391 bits per heavy atom. The van der Waals surface area contributed by atoms with Crippen LogP contribution in [0.5, 0.6) is 0 Å². The van der Waals surface area contributed by atoms with E-state index in [0.29, 0.717) is 18.2 Å². The Bertz CT molecular complexity index is 1570. The topological polar surface area (TPSA) is 371 Å². The molecule has 0 saturated carbocycles. The van der Waals surface area contributed by atoms with Crippen molar-refractivity contribution in [2.45, 2.75) is 0 Å². The van der Waals surface area contributed by atoms with Gasteiger partial charge in [0.25, 0.3) is 0 Å². The van der Waals surface area contributed by atoms with Gasteiger partial charge >= 0.3 is 52.0 Å². The monoisotopic (exact) mass is 776 g/mol. The molecule has 0 atom stereocenters. The molecule has 46 heavy (non-hydrogen) atoms. The summed E-state index contributed by atoms with van der Waals surface area (Å²) in [5.74, 6) is -4.14. The van der Waals surface area contributed by atoms with E-state index in [9.17, 15) is 75.1 Å². The van der Waals surface area contributed by atoms with Crippen LogP contribution in [0.2, 0.25) is 0 Å². The quantitative estimate of drug-likeness (QED) is 0.206. The molecule has 0 spiro atoms. The number of aromatic carboxylic acids is 3. The third-order valence-electron chi connectivity index (χ3n) is 4.85. The Kier molecular flexibility index (Phi) is 14.9. The molecule has 3 aromatic carbocycles. The van der Waals surface area contributed by atoms with Gasteiger partial charge in [-0.2, -0.15) is 0 Å². The molecule has 3 aromatic rings. The molecule has 24 nitrogen and oxygen atoms in total. The van der Waals surface area contributed by atoms with Crippen LogP contribution in [0.15, 0.2) is 54.6 Å². The molecule has 0 aliphatic carbocycles. The average molecular weight is 776 g/mol. The Labute approximate surface area is 283 Å². The van der Waals surface area contributed by atoms with Crippen LogP contribution in [-0.4, -0.2) is 62.8 Å². The van der Waals surface area contributed by atoms with E-state index >= 15 is 0 Å².